The van der Waals surface area contributed by atoms with E-state index in [1.165, 1.54) is 12.8 Å². The zero-order valence-corrected chi connectivity index (χ0v) is 18.5. The van der Waals surface area contributed by atoms with Crippen molar-refractivity contribution in [2.45, 2.75) is 51.6 Å². The summed E-state index contributed by atoms with van der Waals surface area (Å²) in [5.41, 5.74) is 5.14. The Morgan fingerprint density at radius 2 is 2.09 bits per heavy atom. The molecule has 1 saturated carbocycles. The normalized spacial score (nSPS) is 21.1. The summed E-state index contributed by atoms with van der Waals surface area (Å²) in [5.74, 6) is 1.74. The van der Waals surface area contributed by atoms with Crippen LogP contribution in [0.3, 0.4) is 0 Å². The van der Waals surface area contributed by atoms with Crippen molar-refractivity contribution in [3.63, 3.8) is 0 Å². The number of imidazole rings is 1. The Balaban J connectivity index is 1.43. The maximum Gasteiger partial charge on any atom is 0.256 e. The molecular formula is C23H28N8O. The monoisotopic (exact) mass is 432 g/mol. The summed E-state index contributed by atoms with van der Waals surface area (Å²) in [6.07, 6.45) is 9.32. The fraction of sp³-hybridized carbons (Fsp3) is 0.478. The molecule has 9 nitrogen and oxygen atoms in total. The molecule has 4 heterocycles. The maximum absolute atomic E-state index is 6.46. The quantitative estimate of drug-likeness (QED) is 0.530. The molecule has 4 aromatic rings. The Hall–Kier alpha value is -3.20. The van der Waals surface area contributed by atoms with E-state index < -0.39 is 0 Å². The number of rotatable bonds is 3. The molecule has 0 saturated heterocycles. The van der Waals surface area contributed by atoms with Crippen molar-refractivity contribution in [3.05, 3.63) is 41.9 Å². The molecule has 9 heteroatoms. The van der Waals surface area contributed by atoms with Crippen LogP contribution in [-0.4, -0.2) is 41.8 Å². The van der Waals surface area contributed by atoms with Crippen LogP contribution in [0.1, 0.15) is 43.7 Å². The first-order valence-corrected chi connectivity index (χ1v) is 11.5. The molecule has 2 bridgehead atoms. The largest absolute Gasteiger partial charge is 0.351 e. The Morgan fingerprint density at radius 1 is 1.19 bits per heavy atom. The molecule has 2 atom stereocenters. The molecule has 3 aromatic heterocycles. The van der Waals surface area contributed by atoms with Crippen LogP contribution in [0.5, 0.6) is 0 Å². The zero-order valence-electron chi connectivity index (χ0n) is 18.5. The lowest BCUT2D eigenvalue weighted by Crippen LogP contribution is -2.36. The van der Waals surface area contributed by atoms with Crippen molar-refractivity contribution in [1.82, 2.24) is 29.1 Å². The van der Waals surface area contributed by atoms with Crippen LogP contribution in [-0.2, 0) is 24.9 Å². The van der Waals surface area contributed by atoms with Gasteiger partial charge in [-0.3, -0.25) is 4.84 Å². The highest BCUT2D eigenvalue weighted by Gasteiger charge is 2.30. The average Bonchev–Trinajstić information content (AvgIpc) is 3.40. The second-order valence-electron chi connectivity index (χ2n) is 8.91. The van der Waals surface area contributed by atoms with E-state index in [1.54, 1.807) is 4.52 Å². The molecule has 166 valence electrons. The standard InChI is InChI=1S/C23H28N8O/c1-3-16-11-25-31-21(16)27-22-26-18-7-5-4-6-17(18)13-32-30(23(31)28-22)12-15-8-9-20-19(10-15)24-14-29(20)2/h8-11,14,17-18H,3-7,12-13H2,1-2H3,(H,26,27)/t17-,18-/m0/s1. The van der Waals surface area contributed by atoms with Crippen LogP contribution in [0, 0.1) is 5.92 Å². The van der Waals surface area contributed by atoms with E-state index in [4.69, 9.17) is 14.8 Å². The smallest absolute Gasteiger partial charge is 0.256 e. The van der Waals surface area contributed by atoms with Crippen LogP contribution in [0.4, 0.5) is 11.9 Å². The van der Waals surface area contributed by atoms with E-state index >= 15 is 0 Å². The molecule has 1 aromatic carbocycles. The number of aryl methyl sites for hydroxylation is 2. The first kappa shape index (κ1) is 19.5. The Bertz CT molecular complexity index is 1280. The van der Waals surface area contributed by atoms with Gasteiger partial charge in [0.1, 0.15) is 0 Å². The number of nitrogens with one attached hydrogen (secondary N) is 1. The summed E-state index contributed by atoms with van der Waals surface area (Å²) < 4.78 is 3.83. The molecule has 1 aliphatic carbocycles. The number of hydroxylamine groups is 1. The van der Waals surface area contributed by atoms with Gasteiger partial charge in [-0.25, -0.2) is 10.0 Å². The number of hydrogen-bond donors (Lipinski definition) is 1. The lowest BCUT2D eigenvalue weighted by Gasteiger charge is -2.32. The minimum absolute atomic E-state index is 0.330. The van der Waals surface area contributed by atoms with Crippen molar-refractivity contribution >= 4 is 28.6 Å². The van der Waals surface area contributed by atoms with E-state index in [0.717, 1.165) is 47.1 Å². The molecule has 0 radical (unpaired) electrons. The summed E-state index contributed by atoms with van der Waals surface area (Å²) >= 11 is 0. The van der Waals surface area contributed by atoms with Crippen molar-refractivity contribution in [2.24, 2.45) is 13.0 Å². The molecule has 1 N–H and O–H groups in total. The van der Waals surface area contributed by atoms with Crippen molar-refractivity contribution < 1.29 is 4.84 Å². The van der Waals surface area contributed by atoms with Crippen LogP contribution < -0.4 is 10.4 Å². The number of hydrogen-bond acceptors (Lipinski definition) is 7. The third-order valence-corrected chi connectivity index (χ3v) is 6.81. The fourth-order valence-electron chi connectivity index (χ4n) is 4.95. The molecule has 0 amide bonds. The molecule has 32 heavy (non-hydrogen) atoms. The van der Waals surface area contributed by atoms with Crippen molar-refractivity contribution in [1.29, 1.82) is 0 Å². The summed E-state index contributed by atoms with van der Waals surface area (Å²) in [6, 6.07) is 6.68. The summed E-state index contributed by atoms with van der Waals surface area (Å²) in [5, 5.41) is 10.1. The Kier molecular flexibility index (Phi) is 4.71. The van der Waals surface area contributed by atoms with E-state index in [0.29, 0.717) is 37.0 Å². The minimum atomic E-state index is 0.330. The molecule has 6 rings (SSSR count). The van der Waals surface area contributed by atoms with Crippen LogP contribution >= 0.6 is 0 Å². The molecule has 0 spiro atoms. The van der Waals surface area contributed by atoms with Gasteiger partial charge >= 0.3 is 0 Å². The average molecular weight is 433 g/mol. The fourth-order valence-corrected chi connectivity index (χ4v) is 4.95. The number of nitrogens with zero attached hydrogens (tertiary/aromatic N) is 7. The molecule has 1 fully saturated rings. The van der Waals surface area contributed by atoms with Gasteiger partial charge in [0, 0.05) is 24.6 Å². The zero-order chi connectivity index (χ0) is 21.7. The number of fused-ring (bicyclic) bond motifs is 6. The molecular weight excluding hydrogens is 404 g/mol. The third-order valence-electron chi connectivity index (χ3n) is 6.81. The number of benzene rings is 1. The summed E-state index contributed by atoms with van der Waals surface area (Å²) in [4.78, 5) is 20.7. The van der Waals surface area contributed by atoms with Gasteiger partial charge in [-0.15, -0.1) is 0 Å². The second-order valence-corrected chi connectivity index (χ2v) is 8.91. The number of anilines is 2. The molecule has 1 aliphatic heterocycles. The predicted molar refractivity (Wildman–Crippen MR) is 122 cm³/mol. The van der Waals surface area contributed by atoms with Crippen LogP contribution in [0.15, 0.2) is 30.7 Å². The molecule has 2 aliphatic rings. The van der Waals surface area contributed by atoms with Crippen molar-refractivity contribution in [3.8, 4) is 0 Å². The van der Waals surface area contributed by atoms with Gasteiger partial charge in [0.25, 0.3) is 5.95 Å². The SMILES string of the molecule is CCc1cnn2c3nc(nc12)N[C@H]1CCCC[C@H]1CON3Cc1ccc2c(c1)ncn2C. The van der Waals surface area contributed by atoms with Crippen molar-refractivity contribution in [2.75, 3.05) is 17.0 Å². The van der Waals surface area contributed by atoms with E-state index in [1.807, 2.05) is 29.2 Å². The van der Waals surface area contributed by atoms with E-state index in [2.05, 4.69) is 40.5 Å². The topological polar surface area (TPSA) is 85.4 Å². The minimum Gasteiger partial charge on any atom is -0.351 e. The van der Waals surface area contributed by atoms with Crippen LogP contribution in [0.25, 0.3) is 16.7 Å². The van der Waals surface area contributed by atoms with Gasteiger partial charge in [-0.05, 0) is 37.0 Å². The highest BCUT2D eigenvalue weighted by atomic mass is 16.7. The van der Waals surface area contributed by atoms with E-state index in [9.17, 15) is 0 Å². The van der Waals surface area contributed by atoms with Gasteiger partial charge in [0.05, 0.1) is 36.7 Å². The van der Waals surface area contributed by atoms with E-state index in [-0.39, 0.29) is 0 Å². The first-order valence-electron chi connectivity index (χ1n) is 11.5. The third kappa shape index (κ3) is 3.28. The molecule has 0 unspecified atom stereocenters. The highest BCUT2D eigenvalue weighted by molar-refractivity contribution is 5.76. The predicted octanol–water partition coefficient (Wildman–Crippen LogP) is 3.50. The van der Waals surface area contributed by atoms with Gasteiger partial charge in [-0.2, -0.15) is 19.6 Å². The van der Waals surface area contributed by atoms with Gasteiger partial charge in [-0.1, -0.05) is 25.8 Å². The highest BCUT2D eigenvalue weighted by Crippen LogP contribution is 2.31. The van der Waals surface area contributed by atoms with Gasteiger partial charge < -0.3 is 9.88 Å². The summed E-state index contributed by atoms with van der Waals surface area (Å²) in [6.45, 7) is 3.32. The second kappa shape index (κ2) is 7.74. The first-order chi connectivity index (χ1) is 15.7. The van der Waals surface area contributed by atoms with Gasteiger partial charge in [0.2, 0.25) is 5.95 Å². The van der Waals surface area contributed by atoms with Crippen LogP contribution in [0.2, 0.25) is 0 Å². The Labute approximate surface area is 186 Å². The maximum atomic E-state index is 6.46. The lowest BCUT2D eigenvalue weighted by molar-refractivity contribution is 0.0557. The Morgan fingerprint density at radius 3 is 3.00 bits per heavy atom. The lowest BCUT2D eigenvalue weighted by atomic mass is 9.85. The number of aromatic nitrogens is 6. The van der Waals surface area contributed by atoms with Gasteiger partial charge in [0.15, 0.2) is 5.65 Å². The summed E-state index contributed by atoms with van der Waals surface area (Å²) in [7, 11) is 2.01.